The quantitative estimate of drug-likeness (QED) is 0.823. The lowest BCUT2D eigenvalue weighted by Crippen LogP contribution is -2.36. The van der Waals surface area contributed by atoms with Gasteiger partial charge >= 0.3 is 5.97 Å². The number of amides is 1. The van der Waals surface area contributed by atoms with Gasteiger partial charge in [0.15, 0.2) is 0 Å². The first-order valence-corrected chi connectivity index (χ1v) is 6.70. The predicted octanol–water partition coefficient (Wildman–Crippen LogP) is 1.85. The highest BCUT2D eigenvalue weighted by Crippen LogP contribution is 2.48. The van der Waals surface area contributed by atoms with Crippen LogP contribution in [-0.4, -0.2) is 22.0 Å². The zero-order valence-electron chi connectivity index (χ0n) is 11.1. The number of aliphatic carboxylic acids is 1. The molecule has 0 aliphatic heterocycles. The van der Waals surface area contributed by atoms with Crippen LogP contribution in [0.2, 0.25) is 0 Å². The average molecular weight is 272 g/mol. The number of anilines is 1. The highest BCUT2D eigenvalue weighted by Gasteiger charge is 2.51. The Balaban J connectivity index is 1.82. The average Bonchev–Trinajstić information content (AvgIpc) is 3.01. The number of rotatable bonds is 3. The molecule has 20 heavy (non-hydrogen) atoms. The van der Waals surface area contributed by atoms with Crippen molar-refractivity contribution in [2.45, 2.75) is 13.3 Å². The molecule has 104 valence electrons. The van der Waals surface area contributed by atoms with Gasteiger partial charge < -0.3 is 10.4 Å². The minimum absolute atomic E-state index is 0.0109. The molecular weight excluding hydrogens is 256 g/mol. The van der Waals surface area contributed by atoms with E-state index in [0.29, 0.717) is 5.69 Å². The molecule has 1 saturated carbocycles. The number of nitrogens with one attached hydrogen (secondary N) is 1. The fourth-order valence-corrected chi connectivity index (χ4v) is 3.33. The van der Waals surface area contributed by atoms with E-state index in [0.717, 1.165) is 12.0 Å². The molecule has 1 fully saturated rings. The van der Waals surface area contributed by atoms with Crippen molar-refractivity contribution >= 4 is 17.6 Å². The maximum atomic E-state index is 12.4. The van der Waals surface area contributed by atoms with Gasteiger partial charge in [0.1, 0.15) is 0 Å². The minimum Gasteiger partial charge on any atom is -0.481 e. The fourth-order valence-electron chi connectivity index (χ4n) is 3.33. The monoisotopic (exact) mass is 272 g/mol. The van der Waals surface area contributed by atoms with Crippen LogP contribution >= 0.6 is 0 Å². The van der Waals surface area contributed by atoms with Gasteiger partial charge in [-0.2, -0.15) is 0 Å². The summed E-state index contributed by atoms with van der Waals surface area (Å²) in [7, 11) is 0. The molecule has 1 aromatic rings. The maximum absolute atomic E-state index is 12.4. The first-order valence-electron chi connectivity index (χ1n) is 6.70. The summed E-state index contributed by atoms with van der Waals surface area (Å²) < 4.78 is 0. The summed E-state index contributed by atoms with van der Waals surface area (Å²) in [6, 6.07) is 1.81. The number of carboxylic acid groups (broad SMARTS) is 1. The van der Waals surface area contributed by atoms with Crippen molar-refractivity contribution in [2.75, 3.05) is 5.32 Å². The number of hydrogen-bond acceptors (Lipinski definition) is 3. The number of carbonyl (C=O) groups excluding carboxylic acids is 1. The molecule has 5 nitrogen and oxygen atoms in total. The number of allylic oxidation sites excluding steroid dienone is 2. The molecule has 0 saturated heterocycles. The highest BCUT2D eigenvalue weighted by atomic mass is 16.4. The van der Waals surface area contributed by atoms with Gasteiger partial charge in [-0.3, -0.25) is 14.6 Å². The Morgan fingerprint density at radius 2 is 2.00 bits per heavy atom. The van der Waals surface area contributed by atoms with Crippen LogP contribution in [0, 0.1) is 30.6 Å². The minimum atomic E-state index is -0.884. The van der Waals surface area contributed by atoms with E-state index >= 15 is 0 Å². The van der Waals surface area contributed by atoms with E-state index in [4.69, 9.17) is 0 Å². The number of aryl methyl sites for hydroxylation is 1. The van der Waals surface area contributed by atoms with Crippen molar-refractivity contribution in [1.29, 1.82) is 0 Å². The normalized spacial score (nSPS) is 30.4. The molecule has 2 unspecified atom stereocenters. The summed E-state index contributed by atoms with van der Waals surface area (Å²) in [6.45, 7) is 1.88. The van der Waals surface area contributed by atoms with Crippen molar-refractivity contribution in [1.82, 2.24) is 4.98 Å². The number of nitrogens with zero attached hydrogens (tertiary/aromatic N) is 1. The summed E-state index contributed by atoms with van der Waals surface area (Å²) in [5, 5.41) is 12.2. The lowest BCUT2D eigenvalue weighted by atomic mass is 9.82. The zero-order valence-corrected chi connectivity index (χ0v) is 11.1. The summed E-state index contributed by atoms with van der Waals surface area (Å²) in [4.78, 5) is 27.8. The molecule has 0 spiro atoms. The first kappa shape index (κ1) is 12.8. The van der Waals surface area contributed by atoms with Crippen LogP contribution in [0.1, 0.15) is 12.0 Å². The second-order valence-electron chi connectivity index (χ2n) is 5.52. The molecule has 0 radical (unpaired) electrons. The first-order chi connectivity index (χ1) is 9.58. The molecule has 1 heterocycles. The standard InChI is InChI=1S/C15H16N2O3/c1-8-4-5-16-7-11(8)17-14(18)12-9-2-3-10(6-9)13(12)15(19)20/h2-5,7,9-10,12-13H,6H2,1H3,(H,17,18)(H,19,20)/t9?,10?,12-,13+/m0/s1. The number of pyridine rings is 1. The van der Waals surface area contributed by atoms with E-state index in [1.165, 1.54) is 0 Å². The Bertz CT molecular complexity index is 597. The molecule has 1 amide bonds. The third-order valence-corrected chi connectivity index (χ3v) is 4.34. The Morgan fingerprint density at radius 3 is 2.65 bits per heavy atom. The molecule has 4 atom stereocenters. The third-order valence-electron chi connectivity index (χ3n) is 4.34. The Hall–Kier alpha value is -2.17. The van der Waals surface area contributed by atoms with Gasteiger partial charge in [-0.05, 0) is 36.8 Å². The smallest absolute Gasteiger partial charge is 0.307 e. The lowest BCUT2D eigenvalue weighted by Gasteiger charge is -2.24. The Labute approximate surface area is 116 Å². The van der Waals surface area contributed by atoms with Gasteiger partial charge in [-0.1, -0.05) is 12.2 Å². The molecule has 1 aromatic heterocycles. The van der Waals surface area contributed by atoms with Crippen LogP contribution in [-0.2, 0) is 9.59 Å². The van der Waals surface area contributed by atoms with Crippen LogP contribution < -0.4 is 5.32 Å². The van der Waals surface area contributed by atoms with E-state index in [2.05, 4.69) is 10.3 Å². The third kappa shape index (κ3) is 1.99. The maximum Gasteiger partial charge on any atom is 0.307 e. The van der Waals surface area contributed by atoms with E-state index in [-0.39, 0.29) is 17.7 Å². The summed E-state index contributed by atoms with van der Waals surface area (Å²) in [5.74, 6) is -2.17. The largest absolute Gasteiger partial charge is 0.481 e. The van der Waals surface area contributed by atoms with Gasteiger partial charge in [0.25, 0.3) is 0 Å². The molecule has 2 N–H and O–H groups in total. The Kier molecular flexibility index (Phi) is 3.04. The number of carboxylic acids is 1. The van der Waals surface area contributed by atoms with Gasteiger partial charge in [0.05, 0.1) is 23.7 Å². The van der Waals surface area contributed by atoms with E-state index in [1.807, 2.05) is 25.1 Å². The van der Waals surface area contributed by atoms with Crippen molar-refractivity contribution in [3.05, 3.63) is 36.2 Å². The van der Waals surface area contributed by atoms with Gasteiger partial charge in [0, 0.05) is 6.20 Å². The summed E-state index contributed by atoms with van der Waals surface area (Å²) >= 11 is 0. The Morgan fingerprint density at radius 1 is 1.30 bits per heavy atom. The molecule has 2 bridgehead atoms. The summed E-state index contributed by atoms with van der Waals surface area (Å²) in [6.07, 6.45) is 7.92. The van der Waals surface area contributed by atoms with Crippen LogP contribution in [0.4, 0.5) is 5.69 Å². The van der Waals surface area contributed by atoms with Crippen molar-refractivity contribution in [3.63, 3.8) is 0 Å². The number of fused-ring (bicyclic) bond motifs is 2. The second-order valence-corrected chi connectivity index (χ2v) is 5.52. The van der Waals surface area contributed by atoms with Crippen molar-refractivity contribution in [2.24, 2.45) is 23.7 Å². The lowest BCUT2D eigenvalue weighted by molar-refractivity contribution is -0.146. The SMILES string of the molecule is Cc1ccncc1NC(=O)[C@H]1C2C=CC(C2)[C@H]1C(=O)O. The van der Waals surface area contributed by atoms with E-state index in [9.17, 15) is 14.7 Å². The van der Waals surface area contributed by atoms with Crippen LogP contribution in [0.15, 0.2) is 30.6 Å². The van der Waals surface area contributed by atoms with Crippen LogP contribution in [0.25, 0.3) is 0 Å². The van der Waals surface area contributed by atoms with E-state index in [1.54, 1.807) is 12.4 Å². The molecule has 2 aliphatic carbocycles. The van der Waals surface area contributed by atoms with Crippen LogP contribution in [0.5, 0.6) is 0 Å². The molecule has 3 rings (SSSR count). The topological polar surface area (TPSA) is 79.3 Å². The summed E-state index contributed by atoms with van der Waals surface area (Å²) in [5.41, 5.74) is 1.56. The van der Waals surface area contributed by atoms with Crippen LogP contribution in [0.3, 0.4) is 0 Å². The number of hydrogen-bond donors (Lipinski definition) is 2. The van der Waals surface area contributed by atoms with E-state index < -0.39 is 17.8 Å². The zero-order chi connectivity index (χ0) is 14.3. The van der Waals surface area contributed by atoms with Gasteiger partial charge in [0.2, 0.25) is 5.91 Å². The van der Waals surface area contributed by atoms with Crippen molar-refractivity contribution in [3.8, 4) is 0 Å². The fraction of sp³-hybridized carbons (Fsp3) is 0.400. The highest BCUT2D eigenvalue weighted by molar-refractivity contribution is 5.96. The van der Waals surface area contributed by atoms with Gasteiger partial charge in [-0.15, -0.1) is 0 Å². The molecular formula is C15H16N2O3. The van der Waals surface area contributed by atoms with Crippen molar-refractivity contribution < 1.29 is 14.7 Å². The van der Waals surface area contributed by atoms with Gasteiger partial charge in [-0.25, -0.2) is 0 Å². The number of carbonyl (C=O) groups is 2. The predicted molar refractivity (Wildman–Crippen MR) is 73.0 cm³/mol. The molecule has 2 aliphatic rings. The molecule has 0 aromatic carbocycles. The second kappa shape index (κ2) is 4.74. The number of aromatic nitrogens is 1. The molecule has 5 heteroatoms.